The smallest absolute Gasteiger partial charge is 0.277 e. The maximum atomic E-state index is 12.5. The number of methoxy groups -OCH3 is 1. The first-order chi connectivity index (χ1) is 14.0. The number of benzene rings is 2. The van der Waals surface area contributed by atoms with E-state index in [1.54, 1.807) is 7.11 Å². The average Bonchev–Trinajstić information content (AvgIpc) is 3.21. The molecule has 2 atom stereocenters. The van der Waals surface area contributed by atoms with Gasteiger partial charge < -0.3 is 14.5 Å². The van der Waals surface area contributed by atoms with Crippen molar-refractivity contribution in [1.29, 1.82) is 0 Å². The van der Waals surface area contributed by atoms with E-state index in [-0.39, 0.29) is 17.2 Å². The van der Waals surface area contributed by atoms with Gasteiger partial charge in [-0.1, -0.05) is 42.1 Å². The van der Waals surface area contributed by atoms with Gasteiger partial charge in [0.25, 0.3) is 5.22 Å². The number of nitrogens with one attached hydrogen (secondary N) is 1. The first kappa shape index (κ1) is 20.9. The second-order valence-electron chi connectivity index (χ2n) is 6.80. The van der Waals surface area contributed by atoms with Crippen LogP contribution in [-0.4, -0.2) is 34.5 Å². The lowest BCUT2D eigenvalue weighted by atomic mass is 10.1. The molecule has 0 unspecified atom stereocenters. The van der Waals surface area contributed by atoms with Gasteiger partial charge in [-0.25, -0.2) is 0 Å². The molecule has 1 aromatic heterocycles. The minimum absolute atomic E-state index is 0.0419. The Kier molecular flexibility index (Phi) is 7.30. The lowest BCUT2D eigenvalue weighted by Gasteiger charge is -2.16. The Morgan fingerprint density at radius 2 is 1.83 bits per heavy atom. The van der Waals surface area contributed by atoms with Gasteiger partial charge in [0.05, 0.1) is 12.4 Å². The molecule has 1 heterocycles. The molecule has 0 radical (unpaired) electrons. The second kappa shape index (κ2) is 10.1. The molecule has 6 nitrogen and oxygen atoms in total. The van der Waals surface area contributed by atoms with Crippen molar-refractivity contribution < 1.29 is 13.9 Å². The largest absolute Gasteiger partial charge is 0.497 e. The number of thioether (sulfide) groups is 1. The van der Waals surface area contributed by atoms with Gasteiger partial charge >= 0.3 is 0 Å². The van der Waals surface area contributed by atoms with Crippen LogP contribution in [0.1, 0.15) is 25.8 Å². The number of carbonyl (C=O) groups excluding carboxylic acids is 1. The summed E-state index contributed by atoms with van der Waals surface area (Å²) in [5.74, 6) is 1.13. The Morgan fingerprint density at radius 3 is 2.52 bits per heavy atom. The molecule has 0 spiro atoms. The number of ether oxygens (including phenoxy) is 1. The van der Waals surface area contributed by atoms with Crippen molar-refractivity contribution in [3.8, 4) is 17.2 Å². The van der Waals surface area contributed by atoms with Crippen LogP contribution >= 0.6 is 11.8 Å². The predicted molar refractivity (Wildman–Crippen MR) is 114 cm³/mol. The number of hydrogen-bond acceptors (Lipinski definition) is 6. The van der Waals surface area contributed by atoms with Gasteiger partial charge in [0, 0.05) is 11.6 Å². The summed E-state index contributed by atoms with van der Waals surface area (Å²) in [6, 6.07) is 17.7. The molecule has 1 amide bonds. The van der Waals surface area contributed by atoms with E-state index < -0.39 is 0 Å². The van der Waals surface area contributed by atoms with Gasteiger partial charge in [0.2, 0.25) is 11.8 Å². The number of rotatable bonds is 9. The second-order valence-corrected chi connectivity index (χ2v) is 8.09. The molecule has 0 saturated heterocycles. The Balaban J connectivity index is 1.49. The van der Waals surface area contributed by atoms with Gasteiger partial charge in [0.15, 0.2) is 0 Å². The normalized spacial score (nSPS) is 12.9. The number of nitrogens with zero attached hydrogens (tertiary/aromatic N) is 2. The molecule has 1 N–H and O–H groups in total. The molecule has 3 aromatic rings. The van der Waals surface area contributed by atoms with Crippen molar-refractivity contribution in [2.75, 3.05) is 7.11 Å². The Morgan fingerprint density at radius 1 is 1.10 bits per heavy atom. The zero-order valence-electron chi connectivity index (χ0n) is 16.8. The van der Waals surface area contributed by atoms with Gasteiger partial charge in [0.1, 0.15) is 5.75 Å². The quantitative estimate of drug-likeness (QED) is 0.527. The number of aromatic nitrogens is 2. The first-order valence-corrected chi connectivity index (χ1v) is 10.4. The summed E-state index contributed by atoms with van der Waals surface area (Å²) in [6.07, 6.45) is 1.81. The average molecular weight is 412 g/mol. The monoisotopic (exact) mass is 411 g/mol. The fraction of sp³-hybridized carbons (Fsp3) is 0.318. The fourth-order valence-electron chi connectivity index (χ4n) is 2.77. The molecule has 29 heavy (non-hydrogen) atoms. The highest BCUT2D eigenvalue weighted by atomic mass is 32.2. The zero-order chi connectivity index (χ0) is 20.6. The zero-order valence-corrected chi connectivity index (χ0v) is 17.6. The molecule has 0 aliphatic carbocycles. The van der Waals surface area contributed by atoms with Crippen molar-refractivity contribution in [1.82, 2.24) is 15.5 Å². The maximum absolute atomic E-state index is 12.5. The summed E-state index contributed by atoms with van der Waals surface area (Å²) in [7, 11) is 1.62. The van der Waals surface area contributed by atoms with Crippen molar-refractivity contribution in [3.63, 3.8) is 0 Å². The van der Waals surface area contributed by atoms with Crippen molar-refractivity contribution in [3.05, 3.63) is 60.2 Å². The molecule has 3 rings (SSSR count). The summed E-state index contributed by atoms with van der Waals surface area (Å²) in [4.78, 5) is 12.5. The minimum Gasteiger partial charge on any atom is -0.497 e. The van der Waals surface area contributed by atoms with Crippen LogP contribution in [0.2, 0.25) is 0 Å². The molecule has 0 bridgehead atoms. The standard InChI is InChI=1S/C22H25N3O3S/c1-15(9-10-17-7-5-4-6-8-17)23-20(26)16(2)29-22-25-24-21(28-22)18-11-13-19(27-3)14-12-18/h4-8,11-16H,9-10H2,1-3H3,(H,23,26)/t15-,16+/m0/s1. The summed E-state index contributed by atoms with van der Waals surface area (Å²) >= 11 is 1.25. The Labute approximate surface area is 175 Å². The summed E-state index contributed by atoms with van der Waals surface area (Å²) in [5.41, 5.74) is 2.07. The highest BCUT2D eigenvalue weighted by Gasteiger charge is 2.20. The van der Waals surface area contributed by atoms with Crippen LogP contribution in [-0.2, 0) is 11.2 Å². The van der Waals surface area contributed by atoms with Gasteiger partial charge in [-0.15, -0.1) is 10.2 Å². The summed E-state index contributed by atoms with van der Waals surface area (Å²) in [6.45, 7) is 3.86. The highest BCUT2D eigenvalue weighted by Crippen LogP contribution is 2.27. The van der Waals surface area contributed by atoms with Crippen LogP contribution in [0.25, 0.3) is 11.5 Å². The molecule has 0 aliphatic heterocycles. The molecule has 2 aromatic carbocycles. The number of carbonyl (C=O) groups is 1. The fourth-order valence-corrected chi connectivity index (χ4v) is 3.47. The lowest BCUT2D eigenvalue weighted by Crippen LogP contribution is -2.37. The Bertz CT molecular complexity index is 913. The maximum Gasteiger partial charge on any atom is 0.277 e. The van der Waals surface area contributed by atoms with Crippen LogP contribution in [0, 0.1) is 0 Å². The van der Waals surface area contributed by atoms with E-state index in [1.165, 1.54) is 17.3 Å². The first-order valence-electron chi connectivity index (χ1n) is 9.54. The summed E-state index contributed by atoms with van der Waals surface area (Å²) in [5, 5.41) is 11.2. The third kappa shape index (κ3) is 6.09. The Hall–Kier alpha value is -2.80. The highest BCUT2D eigenvalue weighted by molar-refractivity contribution is 8.00. The molecule has 152 valence electrons. The molecule has 0 aliphatic rings. The predicted octanol–water partition coefficient (Wildman–Crippen LogP) is 4.36. The third-order valence-electron chi connectivity index (χ3n) is 4.49. The molecular formula is C22H25N3O3S. The van der Waals surface area contributed by atoms with Gasteiger partial charge in [-0.3, -0.25) is 4.79 Å². The van der Waals surface area contributed by atoms with Crippen LogP contribution in [0.3, 0.4) is 0 Å². The van der Waals surface area contributed by atoms with Crippen LogP contribution in [0.15, 0.2) is 64.2 Å². The summed E-state index contributed by atoms with van der Waals surface area (Å²) < 4.78 is 10.8. The number of amides is 1. The topological polar surface area (TPSA) is 77.2 Å². The van der Waals surface area contributed by atoms with E-state index in [0.717, 1.165) is 24.2 Å². The van der Waals surface area contributed by atoms with E-state index in [1.807, 2.05) is 56.3 Å². The van der Waals surface area contributed by atoms with Crippen molar-refractivity contribution >= 4 is 17.7 Å². The number of hydrogen-bond donors (Lipinski definition) is 1. The SMILES string of the molecule is COc1ccc(-c2nnc(S[C@H](C)C(=O)N[C@@H](C)CCc3ccccc3)o2)cc1. The molecular weight excluding hydrogens is 386 g/mol. The minimum atomic E-state index is -0.335. The van der Waals surface area contributed by atoms with Crippen molar-refractivity contribution in [2.24, 2.45) is 0 Å². The van der Waals surface area contributed by atoms with Crippen LogP contribution < -0.4 is 10.1 Å². The van der Waals surface area contributed by atoms with E-state index in [4.69, 9.17) is 9.15 Å². The van der Waals surface area contributed by atoms with Gasteiger partial charge in [-0.05, 0) is 56.5 Å². The van der Waals surface area contributed by atoms with E-state index in [9.17, 15) is 4.79 Å². The third-order valence-corrected chi connectivity index (χ3v) is 5.42. The molecule has 7 heteroatoms. The van der Waals surface area contributed by atoms with Gasteiger partial charge in [-0.2, -0.15) is 0 Å². The van der Waals surface area contributed by atoms with E-state index >= 15 is 0 Å². The number of aryl methyl sites for hydroxylation is 1. The van der Waals surface area contributed by atoms with E-state index in [0.29, 0.717) is 11.1 Å². The molecule has 0 fully saturated rings. The van der Waals surface area contributed by atoms with Crippen LogP contribution in [0.5, 0.6) is 5.75 Å². The molecule has 0 saturated carbocycles. The lowest BCUT2D eigenvalue weighted by molar-refractivity contribution is -0.120. The van der Waals surface area contributed by atoms with Crippen LogP contribution in [0.4, 0.5) is 0 Å². The van der Waals surface area contributed by atoms with Crippen molar-refractivity contribution in [2.45, 2.75) is 43.2 Å². The van der Waals surface area contributed by atoms with E-state index in [2.05, 4.69) is 27.6 Å².